The number of benzene rings is 1. The van der Waals surface area contributed by atoms with Crippen LogP contribution >= 0.6 is 0 Å². The quantitative estimate of drug-likeness (QED) is 0.479. The highest BCUT2D eigenvalue weighted by Crippen LogP contribution is 2.11. The lowest BCUT2D eigenvalue weighted by molar-refractivity contribution is 0.0946. The molecule has 0 aliphatic heterocycles. The van der Waals surface area contributed by atoms with Crippen molar-refractivity contribution in [1.29, 1.82) is 0 Å². The Morgan fingerprint density at radius 3 is 2.58 bits per heavy atom. The number of fused-ring (bicyclic) bond motifs is 1. The number of aromatic nitrogens is 4. The number of nitrogens with one attached hydrogen (secondary N) is 1. The number of ether oxygens (including phenoxy) is 1. The number of carbonyl (C=O) groups is 1. The van der Waals surface area contributed by atoms with E-state index in [1.807, 2.05) is 0 Å². The molecule has 0 saturated heterocycles. The van der Waals surface area contributed by atoms with Gasteiger partial charge in [0.05, 0.1) is 30.8 Å². The number of methoxy groups -OCH3 is 1. The second kappa shape index (κ2) is 9.03. The van der Waals surface area contributed by atoms with Crippen LogP contribution in [0.3, 0.4) is 0 Å². The second-order valence-electron chi connectivity index (χ2n) is 7.34. The molecule has 0 spiro atoms. The highest BCUT2D eigenvalue weighted by Gasteiger charge is 2.15. The Morgan fingerprint density at radius 1 is 1.09 bits per heavy atom. The van der Waals surface area contributed by atoms with Crippen LogP contribution in [0.1, 0.15) is 21.6 Å². The molecular weight excluding hydrogens is 429 g/mol. The lowest BCUT2D eigenvalue weighted by Crippen LogP contribution is -2.39. The Kier molecular flexibility index (Phi) is 5.99. The number of hydrogen-bond donors (Lipinski definition) is 1. The van der Waals surface area contributed by atoms with Crippen LogP contribution in [0, 0.1) is 5.82 Å². The van der Waals surface area contributed by atoms with E-state index in [4.69, 9.17) is 4.74 Å². The monoisotopic (exact) mass is 449 g/mol. The van der Waals surface area contributed by atoms with Crippen molar-refractivity contribution in [3.63, 3.8) is 0 Å². The SMILES string of the molecule is COc1cc(CNC(=O)c2cc3c(=O)n(Cc4ccc(F)cc4)c(=O)n(C)c3cn2)ccn1. The van der Waals surface area contributed by atoms with E-state index in [1.54, 1.807) is 18.3 Å². The number of nitrogens with zero attached hydrogens (tertiary/aromatic N) is 4. The number of halogens is 1. The molecule has 168 valence electrons. The molecule has 4 rings (SSSR count). The lowest BCUT2D eigenvalue weighted by Gasteiger charge is -2.12. The van der Waals surface area contributed by atoms with Crippen LogP contribution in [0.25, 0.3) is 10.9 Å². The van der Waals surface area contributed by atoms with Gasteiger partial charge in [0.1, 0.15) is 11.5 Å². The fourth-order valence-electron chi connectivity index (χ4n) is 3.38. The first-order chi connectivity index (χ1) is 15.9. The third-order valence-electron chi connectivity index (χ3n) is 5.19. The summed E-state index contributed by atoms with van der Waals surface area (Å²) < 4.78 is 20.6. The molecule has 1 amide bonds. The molecule has 1 aromatic carbocycles. The molecular formula is C23H20FN5O4. The van der Waals surface area contributed by atoms with Crippen molar-refractivity contribution >= 4 is 16.8 Å². The Balaban J connectivity index is 1.65. The molecule has 0 bridgehead atoms. The molecule has 33 heavy (non-hydrogen) atoms. The molecule has 9 nitrogen and oxygen atoms in total. The molecule has 0 saturated carbocycles. The Morgan fingerprint density at radius 2 is 1.85 bits per heavy atom. The summed E-state index contributed by atoms with van der Waals surface area (Å²) in [7, 11) is 3.02. The Bertz CT molecular complexity index is 1460. The molecule has 3 aromatic heterocycles. The molecule has 0 radical (unpaired) electrons. The Hall–Kier alpha value is -4.34. The topological polar surface area (TPSA) is 108 Å². The summed E-state index contributed by atoms with van der Waals surface area (Å²) in [5.74, 6) is -0.469. The molecule has 0 unspecified atom stereocenters. The van der Waals surface area contributed by atoms with E-state index >= 15 is 0 Å². The van der Waals surface area contributed by atoms with Crippen molar-refractivity contribution in [2.24, 2.45) is 7.05 Å². The number of hydrogen-bond acceptors (Lipinski definition) is 6. The number of rotatable bonds is 6. The minimum atomic E-state index is -0.562. The second-order valence-corrected chi connectivity index (χ2v) is 7.34. The van der Waals surface area contributed by atoms with Crippen LogP contribution in [0.4, 0.5) is 4.39 Å². The highest BCUT2D eigenvalue weighted by atomic mass is 19.1. The number of carbonyl (C=O) groups excluding carboxylic acids is 1. The molecule has 0 fully saturated rings. The van der Waals surface area contributed by atoms with Gasteiger partial charge in [0.15, 0.2) is 0 Å². The molecule has 0 aliphatic rings. The van der Waals surface area contributed by atoms with E-state index in [1.165, 1.54) is 55.3 Å². The zero-order chi connectivity index (χ0) is 23.5. The molecule has 3 heterocycles. The van der Waals surface area contributed by atoms with Crippen molar-refractivity contribution in [2.45, 2.75) is 13.1 Å². The van der Waals surface area contributed by atoms with E-state index in [0.29, 0.717) is 17.0 Å². The van der Waals surface area contributed by atoms with Crippen LogP contribution in [0.15, 0.2) is 64.4 Å². The summed E-state index contributed by atoms with van der Waals surface area (Å²) in [5.41, 5.74) is 0.605. The predicted molar refractivity (Wildman–Crippen MR) is 119 cm³/mol. The van der Waals surface area contributed by atoms with E-state index in [2.05, 4.69) is 15.3 Å². The van der Waals surface area contributed by atoms with Crippen molar-refractivity contribution in [2.75, 3.05) is 7.11 Å². The minimum Gasteiger partial charge on any atom is -0.481 e. The Labute approximate surface area is 187 Å². The van der Waals surface area contributed by atoms with Gasteiger partial charge >= 0.3 is 5.69 Å². The molecule has 0 atom stereocenters. The van der Waals surface area contributed by atoms with Crippen LogP contribution in [-0.2, 0) is 20.1 Å². The third kappa shape index (κ3) is 4.49. The maximum atomic E-state index is 13.2. The van der Waals surface area contributed by atoms with E-state index < -0.39 is 23.0 Å². The number of aryl methyl sites for hydroxylation is 1. The van der Waals surface area contributed by atoms with Gasteiger partial charge in [-0.3, -0.25) is 18.7 Å². The van der Waals surface area contributed by atoms with Crippen molar-refractivity contribution in [3.05, 3.63) is 98.3 Å². The van der Waals surface area contributed by atoms with E-state index in [9.17, 15) is 18.8 Å². The van der Waals surface area contributed by atoms with Gasteiger partial charge in [-0.25, -0.2) is 19.2 Å². The average molecular weight is 449 g/mol. The van der Waals surface area contributed by atoms with Crippen LogP contribution in [0.5, 0.6) is 5.88 Å². The first-order valence-electron chi connectivity index (χ1n) is 9.98. The minimum absolute atomic E-state index is 0.0323. The van der Waals surface area contributed by atoms with Gasteiger partial charge in [0.2, 0.25) is 5.88 Å². The summed E-state index contributed by atoms with van der Waals surface area (Å²) in [5, 5.41) is 2.91. The standard InChI is InChI=1S/C23H20FN5O4/c1-28-19-12-26-18(21(30)27-11-15-7-8-25-20(9-15)33-2)10-17(19)22(31)29(23(28)32)13-14-3-5-16(24)6-4-14/h3-10,12H,11,13H2,1-2H3,(H,27,30). The lowest BCUT2D eigenvalue weighted by atomic mass is 10.2. The fourth-order valence-corrected chi connectivity index (χ4v) is 3.38. The van der Waals surface area contributed by atoms with Crippen molar-refractivity contribution < 1.29 is 13.9 Å². The van der Waals surface area contributed by atoms with Crippen LogP contribution in [0.2, 0.25) is 0 Å². The van der Waals surface area contributed by atoms with Gasteiger partial charge in [-0.15, -0.1) is 0 Å². The maximum Gasteiger partial charge on any atom is 0.331 e. The van der Waals surface area contributed by atoms with E-state index in [-0.39, 0.29) is 24.2 Å². The van der Waals surface area contributed by atoms with E-state index in [0.717, 1.165) is 10.1 Å². The summed E-state index contributed by atoms with van der Waals surface area (Å²) >= 11 is 0. The third-order valence-corrected chi connectivity index (χ3v) is 5.19. The van der Waals surface area contributed by atoms with Gasteiger partial charge in [-0.1, -0.05) is 12.1 Å². The summed E-state index contributed by atoms with van der Waals surface area (Å²) in [6, 6.07) is 10.3. The van der Waals surface area contributed by atoms with Crippen LogP contribution < -0.4 is 21.3 Å². The van der Waals surface area contributed by atoms with Crippen molar-refractivity contribution in [1.82, 2.24) is 24.4 Å². The normalized spacial score (nSPS) is 10.9. The fraction of sp³-hybridized carbons (Fsp3) is 0.174. The molecule has 4 aromatic rings. The maximum absolute atomic E-state index is 13.2. The molecule has 10 heteroatoms. The summed E-state index contributed by atoms with van der Waals surface area (Å²) in [6.45, 7) is 0.176. The predicted octanol–water partition coefficient (Wildman–Crippen LogP) is 1.62. The largest absolute Gasteiger partial charge is 0.481 e. The smallest absolute Gasteiger partial charge is 0.331 e. The van der Waals surface area contributed by atoms with Gasteiger partial charge < -0.3 is 10.1 Å². The zero-order valence-electron chi connectivity index (χ0n) is 17.9. The summed E-state index contributed by atoms with van der Waals surface area (Å²) in [4.78, 5) is 46.6. The van der Waals surface area contributed by atoms with Crippen LogP contribution in [-0.4, -0.2) is 32.1 Å². The summed E-state index contributed by atoms with van der Waals surface area (Å²) in [6.07, 6.45) is 2.89. The number of amides is 1. The zero-order valence-corrected chi connectivity index (χ0v) is 17.9. The average Bonchev–Trinajstić information content (AvgIpc) is 2.84. The first kappa shape index (κ1) is 21.9. The molecule has 1 N–H and O–H groups in total. The van der Waals surface area contributed by atoms with Gasteiger partial charge in [0.25, 0.3) is 11.5 Å². The first-order valence-corrected chi connectivity index (χ1v) is 9.98. The number of pyridine rings is 2. The van der Waals surface area contributed by atoms with Gasteiger partial charge in [0, 0.05) is 25.9 Å². The van der Waals surface area contributed by atoms with Crippen molar-refractivity contribution in [3.8, 4) is 5.88 Å². The van der Waals surface area contributed by atoms with Gasteiger partial charge in [-0.2, -0.15) is 0 Å². The molecule has 0 aliphatic carbocycles. The van der Waals surface area contributed by atoms with Gasteiger partial charge in [-0.05, 0) is 35.4 Å². The highest BCUT2D eigenvalue weighted by molar-refractivity contribution is 5.95.